The average Bonchev–Trinajstić information content (AvgIpc) is 2.80. The van der Waals surface area contributed by atoms with Crippen LogP contribution in [-0.2, 0) is 4.79 Å². The van der Waals surface area contributed by atoms with E-state index in [9.17, 15) is 9.59 Å². The average molecular weight is 426 g/mol. The second-order valence-corrected chi connectivity index (χ2v) is 7.23. The van der Waals surface area contributed by atoms with E-state index in [4.69, 9.17) is 4.74 Å². The Morgan fingerprint density at radius 2 is 1.48 bits per heavy atom. The van der Waals surface area contributed by atoms with Crippen molar-refractivity contribution in [2.24, 2.45) is 5.41 Å². The molecule has 6 heteroatoms. The molecule has 168 valence electrons. The van der Waals surface area contributed by atoms with E-state index in [1.807, 2.05) is 48.5 Å². The van der Waals surface area contributed by atoms with Gasteiger partial charge in [0.1, 0.15) is 0 Å². The minimum atomic E-state index is -0.484. The van der Waals surface area contributed by atoms with Crippen LogP contribution >= 0.6 is 0 Å². The molecule has 0 saturated heterocycles. The van der Waals surface area contributed by atoms with Crippen molar-refractivity contribution in [2.45, 2.75) is 48.5 Å². The number of carbonyl (C=O) groups is 2. The fraction of sp³-hybridized carbons (Fsp3) is 0.360. The van der Waals surface area contributed by atoms with Gasteiger partial charge in [-0.25, -0.2) is 9.97 Å². The fourth-order valence-electron chi connectivity index (χ4n) is 2.42. The Morgan fingerprint density at radius 1 is 0.903 bits per heavy atom. The first-order valence-electron chi connectivity index (χ1n) is 10.5. The molecule has 1 heterocycles. The van der Waals surface area contributed by atoms with Crippen molar-refractivity contribution in [1.82, 2.24) is 9.97 Å². The number of methoxy groups -OCH3 is 1. The normalized spacial score (nSPS) is 10.2. The third-order valence-corrected chi connectivity index (χ3v) is 4.08. The van der Waals surface area contributed by atoms with Crippen LogP contribution in [0.5, 0.6) is 5.88 Å². The van der Waals surface area contributed by atoms with Crippen LogP contribution in [0.25, 0.3) is 11.0 Å². The Morgan fingerprint density at radius 3 is 2.03 bits per heavy atom. The van der Waals surface area contributed by atoms with Crippen molar-refractivity contribution in [3.63, 3.8) is 0 Å². The zero-order valence-corrected chi connectivity index (χ0v) is 19.7. The maximum absolute atomic E-state index is 12.8. The minimum absolute atomic E-state index is 0. The molecule has 3 rings (SSSR count). The van der Waals surface area contributed by atoms with Gasteiger partial charge in [0.25, 0.3) is 0 Å². The van der Waals surface area contributed by atoms with E-state index in [0.29, 0.717) is 33.7 Å². The Balaban J connectivity index is 0.00000182. The molecular weight excluding hydrogens is 390 g/mol. The number of hydrogen-bond donors (Lipinski definition) is 1. The van der Waals surface area contributed by atoms with Crippen LogP contribution in [0.4, 0.5) is 5.69 Å². The number of anilines is 1. The summed E-state index contributed by atoms with van der Waals surface area (Å²) < 4.78 is 5.08. The number of nitrogens with one attached hydrogen (secondary N) is 1. The Bertz CT molecular complexity index is 1010. The number of amides is 1. The Hall–Kier alpha value is -3.28. The summed E-state index contributed by atoms with van der Waals surface area (Å²) in [5.41, 5.74) is 2.49. The Labute approximate surface area is 186 Å². The molecule has 6 nitrogen and oxygen atoms in total. The molecule has 31 heavy (non-hydrogen) atoms. The lowest BCUT2D eigenvalue weighted by atomic mass is 9.95. The van der Waals surface area contributed by atoms with E-state index in [2.05, 4.69) is 15.3 Å². The van der Waals surface area contributed by atoms with E-state index in [1.54, 1.807) is 42.5 Å². The largest absolute Gasteiger partial charge is 0.480 e. The number of ether oxygens (including phenoxy) is 1. The summed E-state index contributed by atoms with van der Waals surface area (Å²) in [6.45, 7) is 13.5. The number of nitrogens with zero attached hydrogens (tertiary/aromatic N) is 2. The molecule has 0 saturated carbocycles. The topological polar surface area (TPSA) is 81.2 Å². The van der Waals surface area contributed by atoms with Gasteiger partial charge in [0.2, 0.25) is 11.8 Å². The molecule has 1 N–H and O–H groups in total. The summed E-state index contributed by atoms with van der Waals surface area (Å²) in [4.78, 5) is 33.4. The molecule has 3 aromatic rings. The van der Waals surface area contributed by atoms with Crippen LogP contribution in [0.3, 0.4) is 0 Å². The number of ketones is 1. The zero-order valence-electron chi connectivity index (χ0n) is 19.7. The maximum Gasteiger partial charge on any atom is 0.232 e. The van der Waals surface area contributed by atoms with Gasteiger partial charge < -0.3 is 10.1 Å². The van der Waals surface area contributed by atoms with Gasteiger partial charge in [-0.2, -0.15) is 0 Å². The van der Waals surface area contributed by atoms with E-state index in [1.165, 1.54) is 13.3 Å². The molecule has 0 aliphatic rings. The summed E-state index contributed by atoms with van der Waals surface area (Å²) in [6, 6.07) is 12.0. The number of hydrogen-bond acceptors (Lipinski definition) is 5. The summed E-state index contributed by atoms with van der Waals surface area (Å²) in [5.74, 6) is 0.185. The van der Waals surface area contributed by atoms with Gasteiger partial charge >= 0.3 is 0 Å². The molecule has 1 aromatic heterocycles. The van der Waals surface area contributed by atoms with Crippen LogP contribution in [0.2, 0.25) is 0 Å². The van der Waals surface area contributed by atoms with Crippen molar-refractivity contribution in [1.29, 1.82) is 0 Å². The van der Waals surface area contributed by atoms with Gasteiger partial charge in [0.05, 0.1) is 24.3 Å². The first-order valence-corrected chi connectivity index (χ1v) is 10.5. The molecule has 0 radical (unpaired) electrons. The molecule has 0 aliphatic carbocycles. The third-order valence-electron chi connectivity index (χ3n) is 4.08. The number of fused-ring (bicyclic) bond motifs is 1. The molecule has 0 spiro atoms. The highest BCUT2D eigenvalue weighted by Gasteiger charge is 2.21. The number of benzene rings is 2. The first-order chi connectivity index (χ1) is 14.8. The van der Waals surface area contributed by atoms with Crippen molar-refractivity contribution in [3.05, 3.63) is 59.8 Å². The van der Waals surface area contributed by atoms with Crippen molar-refractivity contribution >= 4 is 28.4 Å². The van der Waals surface area contributed by atoms with E-state index in [0.717, 1.165) is 0 Å². The summed E-state index contributed by atoms with van der Waals surface area (Å²) in [6.07, 6.45) is 1.54. The second kappa shape index (κ2) is 11.8. The number of rotatable bonds is 4. The first kappa shape index (κ1) is 25.8. The smallest absolute Gasteiger partial charge is 0.232 e. The molecule has 1 amide bonds. The van der Waals surface area contributed by atoms with Gasteiger partial charge in [-0.3, -0.25) is 9.59 Å². The van der Waals surface area contributed by atoms with Crippen molar-refractivity contribution < 1.29 is 15.8 Å². The lowest BCUT2D eigenvalue weighted by Crippen LogP contribution is -2.27. The predicted molar refractivity (Wildman–Crippen MR) is 129 cm³/mol. The lowest BCUT2D eigenvalue weighted by Gasteiger charge is -2.17. The van der Waals surface area contributed by atoms with Crippen molar-refractivity contribution in [2.75, 3.05) is 12.4 Å². The van der Waals surface area contributed by atoms with E-state index < -0.39 is 5.41 Å². The Kier molecular flexibility index (Phi) is 9.80. The molecular formula is C25H35N3O3. The van der Waals surface area contributed by atoms with Crippen LogP contribution in [0.15, 0.2) is 48.7 Å². The van der Waals surface area contributed by atoms with Crippen molar-refractivity contribution in [3.8, 4) is 5.88 Å². The van der Waals surface area contributed by atoms with Gasteiger partial charge in [0.15, 0.2) is 5.78 Å². The SMILES string of the molecule is CC.CC.COc1cnc2ccc(C(=O)c3ccc(NC(=O)C(C)(C)C)cc3)cc2n1.[HH]. The maximum atomic E-state index is 12.8. The zero-order chi connectivity index (χ0) is 23.6. The van der Waals surface area contributed by atoms with Gasteiger partial charge in [-0.05, 0) is 42.5 Å². The number of carbonyl (C=O) groups excluding carboxylic acids is 2. The standard InChI is InChI=1S/C21H21N3O3.2C2H6.H2/c1-21(2,3)20(26)23-15-8-5-13(6-9-15)19(25)14-7-10-16-17(11-14)24-18(27-4)12-22-16;2*1-2;/h5-12H,1-4H3,(H,23,26);2*1-2H3;1H. The molecule has 2 aromatic carbocycles. The summed E-state index contributed by atoms with van der Waals surface area (Å²) in [7, 11) is 1.52. The summed E-state index contributed by atoms with van der Waals surface area (Å²) >= 11 is 0. The molecule has 0 atom stereocenters. The van der Waals surface area contributed by atoms with Gasteiger partial charge in [-0.1, -0.05) is 48.5 Å². The van der Waals surface area contributed by atoms with E-state index >= 15 is 0 Å². The number of aromatic nitrogens is 2. The van der Waals surface area contributed by atoms with Crippen LogP contribution in [0.1, 0.15) is 65.8 Å². The molecule has 0 unspecified atom stereocenters. The van der Waals surface area contributed by atoms with Crippen LogP contribution in [-0.4, -0.2) is 28.8 Å². The third kappa shape index (κ3) is 6.88. The highest BCUT2D eigenvalue weighted by Crippen LogP contribution is 2.20. The van der Waals surface area contributed by atoms with E-state index in [-0.39, 0.29) is 13.1 Å². The van der Waals surface area contributed by atoms with Gasteiger partial charge in [-0.15, -0.1) is 0 Å². The van der Waals surface area contributed by atoms with Crippen LogP contribution in [0, 0.1) is 5.41 Å². The predicted octanol–water partition coefficient (Wildman–Crippen LogP) is 6.15. The second-order valence-electron chi connectivity index (χ2n) is 7.23. The minimum Gasteiger partial charge on any atom is -0.480 e. The van der Waals surface area contributed by atoms with Gasteiger partial charge in [0, 0.05) is 23.7 Å². The highest BCUT2D eigenvalue weighted by molar-refractivity contribution is 6.10. The van der Waals surface area contributed by atoms with Crippen LogP contribution < -0.4 is 10.1 Å². The summed E-state index contributed by atoms with van der Waals surface area (Å²) in [5, 5.41) is 2.84. The molecule has 0 aliphatic heterocycles. The molecule has 0 fully saturated rings. The fourth-order valence-corrected chi connectivity index (χ4v) is 2.42. The molecule has 0 bridgehead atoms. The quantitative estimate of drug-likeness (QED) is 0.507. The highest BCUT2D eigenvalue weighted by atomic mass is 16.5. The monoisotopic (exact) mass is 425 g/mol. The lowest BCUT2D eigenvalue weighted by molar-refractivity contribution is -0.123.